The second kappa shape index (κ2) is 4.12. The van der Waals surface area contributed by atoms with Crippen LogP contribution in [0.15, 0.2) is 0 Å². The van der Waals surface area contributed by atoms with Gasteiger partial charge < -0.3 is 10.6 Å². The van der Waals surface area contributed by atoms with Crippen LogP contribution in [0.2, 0.25) is 0 Å². The van der Waals surface area contributed by atoms with E-state index in [-0.39, 0.29) is 16.9 Å². The fourth-order valence-corrected chi connectivity index (χ4v) is 2.04. The van der Waals surface area contributed by atoms with Crippen LogP contribution in [0.5, 0.6) is 0 Å². The van der Waals surface area contributed by atoms with Crippen LogP contribution >= 0.6 is 0 Å². The third-order valence-electron chi connectivity index (χ3n) is 2.99. The third-order valence-corrected chi connectivity index (χ3v) is 2.99. The minimum atomic E-state index is -0.191. The summed E-state index contributed by atoms with van der Waals surface area (Å²) in [7, 11) is 1.87. The molecule has 0 radical (unpaired) electrons. The molecule has 2 N–H and O–H groups in total. The summed E-state index contributed by atoms with van der Waals surface area (Å²) in [6.07, 6.45) is 3.69. The van der Waals surface area contributed by atoms with Gasteiger partial charge in [-0.15, -0.1) is 0 Å². The van der Waals surface area contributed by atoms with Crippen molar-refractivity contribution in [2.45, 2.75) is 52.0 Å². The Labute approximate surface area is 93.0 Å². The fourth-order valence-electron chi connectivity index (χ4n) is 2.04. The van der Waals surface area contributed by atoms with Crippen LogP contribution in [0, 0.1) is 5.41 Å². The van der Waals surface area contributed by atoms with Crippen molar-refractivity contribution >= 4 is 5.91 Å². The highest BCUT2D eigenvalue weighted by Crippen LogP contribution is 2.32. The van der Waals surface area contributed by atoms with E-state index in [0.29, 0.717) is 6.42 Å². The van der Waals surface area contributed by atoms with Gasteiger partial charge >= 0.3 is 0 Å². The summed E-state index contributed by atoms with van der Waals surface area (Å²) in [5.41, 5.74) is 6.03. The average molecular weight is 212 g/mol. The van der Waals surface area contributed by atoms with Crippen LogP contribution in [-0.2, 0) is 4.79 Å². The first kappa shape index (κ1) is 12.5. The fraction of sp³-hybridized carbons (Fsp3) is 0.917. The van der Waals surface area contributed by atoms with Crippen LogP contribution in [0.25, 0.3) is 0 Å². The molecule has 0 aliphatic heterocycles. The maximum absolute atomic E-state index is 11.9. The molecule has 0 heterocycles. The summed E-state index contributed by atoms with van der Waals surface area (Å²) in [5.74, 6) is 0.187. The topological polar surface area (TPSA) is 46.3 Å². The van der Waals surface area contributed by atoms with Crippen LogP contribution < -0.4 is 5.73 Å². The summed E-state index contributed by atoms with van der Waals surface area (Å²) in [4.78, 5) is 13.7. The lowest BCUT2D eigenvalue weighted by Crippen LogP contribution is -2.50. The van der Waals surface area contributed by atoms with Crippen molar-refractivity contribution in [3.8, 4) is 0 Å². The first-order valence-corrected chi connectivity index (χ1v) is 5.75. The van der Waals surface area contributed by atoms with Crippen LogP contribution in [0.3, 0.4) is 0 Å². The molecule has 0 bridgehead atoms. The molecule has 1 aliphatic carbocycles. The van der Waals surface area contributed by atoms with E-state index >= 15 is 0 Å². The summed E-state index contributed by atoms with van der Waals surface area (Å²) >= 11 is 0. The zero-order chi connectivity index (χ0) is 11.7. The van der Waals surface area contributed by atoms with E-state index < -0.39 is 0 Å². The van der Waals surface area contributed by atoms with E-state index in [4.69, 9.17) is 5.73 Å². The first-order chi connectivity index (χ1) is 6.72. The molecular weight excluding hydrogens is 188 g/mol. The number of carbonyl (C=O) groups excluding carboxylic acids is 1. The SMILES string of the molecule is CN(CC(C)(C)C)C(=O)CC1(N)CCC1. The van der Waals surface area contributed by atoms with E-state index in [1.807, 2.05) is 11.9 Å². The molecule has 0 aromatic heterocycles. The minimum absolute atomic E-state index is 0.159. The molecule has 1 saturated carbocycles. The van der Waals surface area contributed by atoms with E-state index in [1.54, 1.807) is 0 Å². The van der Waals surface area contributed by atoms with E-state index in [0.717, 1.165) is 19.4 Å². The molecular formula is C12H24N2O. The highest BCUT2D eigenvalue weighted by atomic mass is 16.2. The zero-order valence-corrected chi connectivity index (χ0v) is 10.5. The Balaban J connectivity index is 2.39. The third kappa shape index (κ3) is 3.82. The molecule has 0 aromatic carbocycles. The Morgan fingerprint density at radius 3 is 2.27 bits per heavy atom. The van der Waals surface area contributed by atoms with Gasteiger partial charge in [-0.2, -0.15) is 0 Å². The molecule has 0 aromatic rings. The van der Waals surface area contributed by atoms with Gasteiger partial charge in [0.25, 0.3) is 0 Å². The molecule has 1 fully saturated rings. The number of nitrogens with two attached hydrogens (primary N) is 1. The molecule has 0 saturated heterocycles. The second-order valence-electron chi connectivity index (χ2n) is 6.20. The Bertz CT molecular complexity index is 238. The van der Waals surface area contributed by atoms with Gasteiger partial charge in [0.2, 0.25) is 5.91 Å². The Hall–Kier alpha value is -0.570. The lowest BCUT2D eigenvalue weighted by atomic mass is 9.75. The first-order valence-electron chi connectivity index (χ1n) is 5.75. The van der Waals surface area contributed by atoms with E-state index in [9.17, 15) is 4.79 Å². The number of hydrogen-bond acceptors (Lipinski definition) is 2. The van der Waals surface area contributed by atoms with Crippen LogP contribution in [0.1, 0.15) is 46.5 Å². The predicted molar refractivity (Wildman–Crippen MR) is 62.5 cm³/mol. The van der Waals surface area contributed by atoms with Crippen molar-refractivity contribution in [3.05, 3.63) is 0 Å². The summed E-state index contributed by atoms with van der Waals surface area (Å²) < 4.78 is 0. The van der Waals surface area contributed by atoms with Crippen molar-refractivity contribution in [1.29, 1.82) is 0 Å². The van der Waals surface area contributed by atoms with Gasteiger partial charge in [-0.3, -0.25) is 4.79 Å². The van der Waals surface area contributed by atoms with E-state index in [1.165, 1.54) is 6.42 Å². The monoisotopic (exact) mass is 212 g/mol. The highest BCUT2D eigenvalue weighted by Gasteiger charge is 2.35. The smallest absolute Gasteiger partial charge is 0.224 e. The largest absolute Gasteiger partial charge is 0.345 e. The molecule has 3 heteroatoms. The molecule has 15 heavy (non-hydrogen) atoms. The number of hydrogen-bond donors (Lipinski definition) is 1. The molecule has 88 valence electrons. The minimum Gasteiger partial charge on any atom is -0.345 e. The highest BCUT2D eigenvalue weighted by molar-refractivity contribution is 5.77. The van der Waals surface area contributed by atoms with Crippen LogP contribution in [0.4, 0.5) is 0 Å². The van der Waals surface area contributed by atoms with E-state index in [2.05, 4.69) is 20.8 Å². The number of nitrogens with zero attached hydrogens (tertiary/aromatic N) is 1. The molecule has 0 spiro atoms. The van der Waals surface area contributed by atoms with Crippen molar-refractivity contribution in [3.63, 3.8) is 0 Å². The van der Waals surface area contributed by atoms with Gasteiger partial charge in [0.15, 0.2) is 0 Å². The van der Waals surface area contributed by atoms with Crippen molar-refractivity contribution in [2.24, 2.45) is 11.1 Å². The molecule has 1 amide bonds. The summed E-state index contributed by atoms with van der Waals surface area (Å²) in [5, 5.41) is 0. The summed E-state index contributed by atoms with van der Waals surface area (Å²) in [6, 6.07) is 0. The average Bonchev–Trinajstić information content (AvgIpc) is 1.98. The number of rotatable bonds is 3. The Morgan fingerprint density at radius 1 is 1.40 bits per heavy atom. The zero-order valence-electron chi connectivity index (χ0n) is 10.5. The second-order valence-corrected chi connectivity index (χ2v) is 6.20. The van der Waals surface area contributed by atoms with Crippen molar-refractivity contribution < 1.29 is 4.79 Å². The quantitative estimate of drug-likeness (QED) is 0.775. The molecule has 1 rings (SSSR count). The van der Waals surface area contributed by atoms with Crippen molar-refractivity contribution in [2.75, 3.05) is 13.6 Å². The van der Waals surface area contributed by atoms with Gasteiger partial charge in [0, 0.05) is 25.6 Å². The van der Waals surface area contributed by atoms with Gasteiger partial charge in [-0.1, -0.05) is 20.8 Å². The maximum atomic E-state index is 11.9. The normalized spacial score (nSPS) is 19.5. The van der Waals surface area contributed by atoms with Gasteiger partial charge in [0.1, 0.15) is 0 Å². The molecule has 0 atom stereocenters. The Kier molecular flexibility index (Phi) is 3.44. The van der Waals surface area contributed by atoms with Gasteiger partial charge in [-0.05, 0) is 24.7 Å². The van der Waals surface area contributed by atoms with Crippen molar-refractivity contribution in [1.82, 2.24) is 4.90 Å². The number of carbonyl (C=O) groups is 1. The standard InChI is InChI=1S/C12H24N2O/c1-11(2,3)9-14(4)10(15)8-12(13)6-5-7-12/h5-9,13H2,1-4H3. The predicted octanol–water partition coefficient (Wildman–Crippen LogP) is 1.76. The molecule has 3 nitrogen and oxygen atoms in total. The summed E-state index contributed by atoms with van der Waals surface area (Å²) in [6.45, 7) is 7.21. The maximum Gasteiger partial charge on any atom is 0.224 e. The molecule has 1 aliphatic rings. The lowest BCUT2D eigenvalue weighted by molar-refractivity contribution is -0.133. The van der Waals surface area contributed by atoms with Crippen LogP contribution in [-0.4, -0.2) is 29.9 Å². The molecule has 0 unspecified atom stereocenters. The lowest BCUT2D eigenvalue weighted by Gasteiger charge is -2.39. The van der Waals surface area contributed by atoms with Gasteiger partial charge in [-0.25, -0.2) is 0 Å². The Morgan fingerprint density at radius 2 is 1.93 bits per heavy atom. The van der Waals surface area contributed by atoms with Gasteiger partial charge in [0.05, 0.1) is 0 Å². The number of amides is 1.